The van der Waals surface area contributed by atoms with Gasteiger partial charge in [-0.25, -0.2) is 9.79 Å². The number of nitrogens with one attached hydrogen (secondary N) is 2. The summed E-state index contributed by atoms with van der Waals surface area (Å²) in [6, 6.07) is -0.690. The van der Waals surface area contributed by atoms with Gasteiger partial charge in [0.05, 0.1) is 6.20 Å². The Morgan fingerprint density at radius 2 is 1.88 bits per heavy atom. The summed E-state index contributed by atoms with van der Waals surface area (Å²) in [5.74, 6) is 0.369. The zero-order chi connectivity index (χ0) is 30.3. The van der Waals surface area contributed by atoms with Crippen molar-refractivity contribution in [2.24, 2.45) is 28.2 Å². The molecular weight excluding hydrogens is 544 g/mol. The number of likely N-dealkylation sites (tertiary alicyclic amines) is 1. The third kappa shape index (κ3) is 7.20. The van der Waals surface area contributed by atoms with Crippen LogP contribution in [0.15, 0.2) is 28.1 Å². The standard InChI is InChI=1S/C30H43ClN6O4/c1-17(31)22(23-13-33-37-16-30(6,7)12-24(23)37)11-25(32-8)35-26(38)19-9-20-14-36(15-21(20)10-19)27(39)18(2)34-28(40)41-29(3,4)5/h11,13,18-21H,8-10,12,14-16H2,1-7H3,(H,34,40)(H,35,38)/b22-17-,25-11+/t18-,19?,20-,21+/m1/s1. The first-order valence-electron chi connectivity index (χ1n) is 14.3. The molecule has 0 spiro atoms. The maximum absolute atomic E-state index is 13.3. The minimum absolute atomic E-state index is 0.108. The third-order valence-electron chi connectivity index (χ3n) is 8.07. The monoisotopic (exact) mass is 586 g/mol. The Morgan fingerprint density at radius 1 is 1.24 bits per heavy atom. The number of halogens is 1. The van der Waals surface area contributed by atoms with Gasteiger partial charge in [0, 0.05) is 47.4 Å². The number of rotatable bonds is 7. The quantitative estimate of drug-likeness (QED) is 0.360. The number of alkyl carbamates (subject to hydrolysis) is 1. The summed E-state index contributed by atoms with van der Waals surface area (Å²) in [6.45, 7) is 18.9. The number of ether oxygens (including phenoxy) is 1. The van der Waals surface area contributed by atoms with Crippen LogP contribution in [0.5, 0.6) is 0 Å². The second kappa shape index (κ2) is 11.6. The van der Waals surface area contributed by atoms with E-state index in [1.54, 1.807) is 38.7 Å². The van der Waals surface area contributed by atoms with Crippen LogP contribution in [0.1, 0.15) is 72.6 Å². The molecule has 2 fully saturated rings. The van der Waals surface area contributed by atoms with E-state index in [1.165, 1.54) is 0 Å². The fourth-order valence-corrected chi connectivity index (χ4v) is 6.39. The summed E-state index contributed by atoms with van der Waals surface area (Å²) < 4.78 is 7.28. The van der Waals surface area contributed by atoms with Crippen molar-refractivity contribution in [1.29, 1.82) is 0 Å². The summed E-state index contributed by atoms with van der Waals surface area (Å²) in [5.41, 5.74) is 2.30. The highest BCUT2D eigenvalue weighted by Gasteiger charge is 2.45. The van der Waals surface area contributed by atoms with Crippen molar-refractivity contribution in [2.45, 2.75) is 85.9 Å². The van der Waals surface area contributed by atoms with Crippen molar-refractivity contribution in [3.05, 3.63) is 34.4 Å². The molecule has 41 heavy (non-hydrogen) atoms. The smallest absolute Gasteiger partial charge is 0.408 e. The number of carbonyl (C=O) groups is 3. The molecule has 2 N–H and O–H groups in total. The van der Waals surface area contributed by atoms with Crippen LogP contribution in [0.4, 0.5) is 4.79 Å². The first-order valence-corrected chi connectivity index (χ1v) is 14.6. The Morgan fingerprint density at radius 3 is 2.44 bits per heavy atom. The van der Waals surface area contributed by atoms with Crippen LogP contribution in [0.3, 0.4) is 0 Å². The lowest BCUT2D eigenvalue weighted by Gasteiger charge is -2.25. The summed E-state index contributed by atoms with van der Waals surface area (Å²) in [5, 5.41) is 10.7. The molecule has 1 saturated carbocycles. The molecule has 1 aromatic heterocycles. The number of aromatic nitrogens is 2. The fraction of sp³-hybridized carbons (Fsp3) is 0.633. The highest BCUT2D eigenvalue weighted by molar-refractivity contribution is 6.32. The molecule has 1 aliphatic carbocycles. The van der Waals surface area contributed by atoms with E-state index in [4.69, 9.17) is 16.3 Å². The maximum Gasteiger partial charge on any atom is 0.408 e. The number of carbonyl (C=O) groups excluding carboxylic acids is 3. The average Bonchev–Trinajstić information content (AvgIpc) is 3.58. The molecule has 0 radical (unpaired) electrons. The Balaban J connectivity index is 1.35. The lowest BCUT2D eigenvalue weighted by molar-refractivity contribution is -0.132. The largest absolute Gasteiger partial charge is 0.444 e. The summed E-state index contributed by atoms with van der Waals surface area (Å²) in [6.07, 6.45) is 5.22. The summed E-state index contributed by atoms with van der Waals surface area (Å²) in [7, 11) is 0. The van der Waals surface area contributed by atoms with Crippen molar-refractivity contribution >= 4 is 41.8 Å². The Kier molecular flexibility index (Phi) is 8.73. The molecule has 1 unspecified atom stereocenters. The number of allylic oxidation sites excluding steroid dienone is 3. The van der Waals surface area contributed by atoms with Crippen LogP contribution < -0.4 is 10.6 Å². The molecule has 10 nitrogen and oxygen atoms in total. The van der Waals surface area contributed by atoms with Crippen LogP contribution in [0.25, 0.3) is 5.57 Å². The topological polar surface area (TPSA) is 118 Å². The van der Waals surface area contributed by atoms with Gasteiger partial charge in [0.1, 0.15) is 17.5 Å². The van der Waals surface area contributed by atoms with Crippen LogP contribution in [-0.2, 0) is 27.3 Å². The van der Waals surface area contributed by atoms with Crippen molar-refractivity contribution in [3.63, 3.8) is 0 Å². The summed E-state index contributed by atoms with van der Waals surface area (Å²) in [4.78, 5) is 44.2. The van der Waals surface area contributed by atoms with E-state index in [0.29, 0.717) is 36.8 Å². The zero-order valence-electron chi connectivity index (χ0n) is 25.2. The highest BCUT2D eigenvalue weighted by Crippen LogP contribution is 2.42. The predicted molar refractivity (Wildman–Crippen MR) is 159 cm³/mol. The van der Waals surface area contributed by atoms with Gasteiger partial charge in [-0.05, 0) is 83.9 Å². The van der Waals surface area contributed by atoms with Crippen molar-refractivity contribution in [3.8, 4) is 0 Å². The van der Waals surface area contributed by atoms with Gasteiger partial charge in [0.2, 0.25) is 11.8 Å². The molecular formula is C30H43ClN6O4. The van der Waals surface area contributed by atoms with Crippen LogP contribution in [0.2, 0.25) is 0 Å². The van der Waals surface area contributed by atoms with Crippen molar-refractivity contribution in [2.75, 3.05) is 13.1 Å². The molecule has 3 heterocycles. The van der Waals surface area contributed by atoms with Crippen LogP contribution in [0, 0.1) is 23.2 Å². The SMILES string of the molecule is C=N/C(=C\C(=C(/C)Cl)c1cnn2c1CC(C)(C)C2)NC(=O)C1C[C@@H]2CN(C(=O)[C@@H](C)NC(=O)OC(C)(C)C)C[C@@H]2C1. The number of hydrogen-bond donors (Lipinski definition) is 2. The van der Waals surface area contributed by atoms with Crippen molar-refractivity contribution < 1.29 is 19.1 Å². The Bertz CT molecular complexity index is 1270. The van der Waals surface area contributed by atoms with Gasteiger partial charge in [-0.3, -0.25) is 14.3 Å². The molecule has 1 aromatic rings. The molecule has 3 aliphatic rings. The van der Waals surface area contributed by atoms with Gasteiger partial charge in [-0.1, -0.05) is 25.4 Å². The first-order chi connectivity index (χ1) is 19.1. The molecule has 0 bridgehead atoms. The molecule has 11 heteroatoms. The number of hydrogen-bond acceptors (Lipinski definition) is 6. The Labute approximate surface area is 247 Å². The molecule has 2 aliphatic heterocycles. The Hall–Kier alpha value is -3.14. The fourth-order valence-electron chi connectivity index (χ4n) is 6.24. The number of fused-ring (bicyclic) bond motifs is 2. The molecule has 4 rings (SSSR count). The molecule has 1 saturated heterocycles. The van der Waals surface area contributed by atoms with E-state index in [1.807, 2.05) is 17.8 Å². The maximum atomic E-state index is 13.3. The molecule has 224 valence electrons. The average molecular weight is 587 g/mol. The van der Waals surface area contributed by atoms with E-state index in [-0.39, 0.29) is 35.0 Å². The van der Waals surface area contributed by atoms with E-state index in [9.17, 15) is 14.4 Å². The van der Waals surface area contributed by atoms with Gasteiger partial charge in [0.25, 0.3) is 0 Å². The second-order valence-corrected chi connectivity index (χ2v) is 14.0. The highest BCUT2D eigenvalue weighted by atomic mass is 35.5. The van der Waals surface area contributed by atoms with Crippen molar-refractivity contribution in [1.82, 2.24) is 25.3 Å². The van der Waals surface area contributed by atoms with E-state index >= 15 is 0 Å². The van der Waals surface area contributed by atoms with Crippen LogP contribution in [-0.4, -0.2) is 64.0 Å². The molecule has 0 aromatic carbocycles. The van der Waals surface area contributed by atoms with E-state index < -0.39 is 17.7 Å². The van der Waals surface area contributed by atoms with Gasteiger partial charge in [-0.15, -0.1) is 0 Å². The summed E-state index contributed by atoms with van der Waals surface area (Å²) >= 11 is 6.52. The van der Waals surface area contributed by atoms with Gasteiger partial charge in [0.15, 0.2) is 0 Å². The lowest BCUT2D eigenvalue weighted by atomic mass is 9.89. The van der Waals surface area contributed by atoms with Gasteiger partial charge >= 0.3 is 6.09 Å². The minimum atomic E-state index is -0.690. The second-order valence-electron chi connectivity index (χ2n) is 13.4. The van der Waals surface area contributed by atoms with Gasteiger partial charge in [-0.2, -0.15) is 5.10 Å². The minimum Gasteiger partial charge on any atom is -0.444 e. The number of aliphatic imine (C=N–C) groups is 1. The number of amides is 3. The molecule has 3 amide bonds. The lowest BCUT2D eigenvalue weighted by Crippen LogP contribution is -2.47. The predicted octanol–water partition coefficient (Wildman–Crippen LogP) is 4.49. The van der Waals surface area contributed by atoms with Crippen LogP contribution >= 0.6 is 11.6 Å². The molecule has 4 atom stereocenters. The van der Waals surface area contributed by atoms with Gasteiger partial charge < -0.3 is 20.3 Å². The van der Waals surface area contributed by atoms with E-state index in [0.717, 1.165) is 29.8 Å². The zero-order valence-corrected chi connectivity index (χ0v) is 26.0. The first kappa shape index (κ1) is 30.8. The van der Waals surface area contributed by atoms with E-state index in [2.05, 4.69) is 41.3 Å². The normalized spacial score (nSPS) is 24.7. The number of nitrogens with zero attached hydrogens (tertiary/aromatic N) is 4. The third-order valence-corrected chi connectivity index (χ3v) is 8.28.